The largest absolute Gasteiger partial charge is 0.311 e. The third-order valence-electron chi connectivity index (χ3n) is 15.9. The van der Waals surface area contributed by atoms with Crippen LogP contribution in [-0.2, 0) is 41.9 Å². The van der Waals surface area contributed by atoms with E-state index in [0.29, 0.717) is 0 Å². The Labute approximate surface area is 414 Å². The fourth-order valence-corrected chi connectivity index (χ4v) is 12.4. The summed E-state index contributed by atoms with van der Waals surface area (Å²) in [7, 11) is 0. The van der Waals surface area contributed by atoms with E-state index in [4.69, 9.17) is 0 Å². The first kappa shape index (κ1) is 45.4. The number of rotatable bonds is 5. The average molecular weight is 906 g/mol. The maximum absolute atomic E-state index is 2.69. The molecular weight excluding hydrogens is 834 g/mol. The molecule has 11 rings (SSSR count). The van der Waals surface area contributed by atoms with Crippen LogP contribution in [-0.4, -0.2) is 6.71 Å². The van der Waals surface area contributed by atoms with Crippen molar-refractivity contribution in [2.75, 3.05) is 14.7 Å². The SMILES string of the molecule is Cc1cc2c3c(c1)N(c1cccc4c1CC(C)(C)C4)c1cc(C(C)(C)C)ccc1B3c1cc(N(c3ccc(C(C)(C)C)cc3)c3ccc(C(C)(C)C)cc3)ccc1N2c1cccc2c1CC(C)(C)C2. The minimum atomic E-state index is -0.0269. The number of hydrogen-bond acceptors (Lipinski definition) is 3. The van der Waals surface area contributed by atoms with Crippen LogP contribution in [0.25, 0.3) is 0 Å². The van der Waals surface area contributed by atoms with Crippen molar-refractivity contribution >= 4 is 74.3 Å². The van der Waals surface area contributed by atoms with Crippen LogP contribution >= 0.6 is 0 Å². The summed E-state index contributed by atoms with van der Waals surface area (Å²) in [5.74, 6) is 0. The van der Waals surface area contributed by atoms with Crippen LogP contribution in [0.5, 0.6) is 0 Å². The number of nitrogens with zero attached hydrogens (tertiary/aromatic N) is 3. The molecule has 2 aliphatic heterocycles. The van der Waals surface area contributed by atoms with Crippen LogP contribution in [0, 0.1) is 17.8 Å². The molecule has 350 valence electrons. The van der Waals surface area contributed by atoms with Crippen molar-refractivity contribution in [1.82, 2.24) is 0 Å². The summed E-state index contributed by atoms with van der Waals surface area (Å²) in [5, 5.41) is 0. The molecule has 4 heteroatoms. The Morgan fingerprint density at radius 3 is 1.35 bits per heavy atom. The molecule has 0 fully saturated rings. The van der Waals surface area contributed by atoms with Gasteiger partial charge in [0.15, 0.2) is 0 Å². The van der Waals surface area contributed by atoms with E-state index < -0.39 is 0 Å². The molecule has 0 bridgehead atoms. The molecule has 0 atom stereocenters. The summed E-state index contributed by atoms with van der Waals surface area (Å²) in [4.78, 5) is 7.86. The minimum absolute atomic E-state index is 0.00291. The molecule has 2 heterocycles. The molecule has 0 saturated carbocycles. The lowest BCUT2D eigenvalue weighted by Gasteiger charge is -2.45. The Hall–Kier alpha value is -6.00. The van der Waals surface area contributed by atoms with Gasteiger partial charge in [0.1, 0.15) is 0 Å². The number of aryl methyl sites for hydroxylation is 1. The van der Waals surface area contributed by atoms with Gasteiger partial charge in [0.05, 0.1) is 0 Å². The highest BCUT2D eigenvalue weighted by Gasteiger charge is 2.46. The highest BCUT2D eigenvalue weighted by Crippen LogP contribution is 2.52. The van der Waals surface area contributed by atoms with E-state index in [-0.39, 0.29) is 33.8 Å². The second-order valence-corrected chi connectivity index (χ2v) is 25.9. The molecule has 0 unspecified atom stereocenters. The Bertz CT molecular complexity index is 3130. The lowest BCUT2D eigenvalue weighted by molar-refractivity contribution is 0.392. The first-order valence-electron chi connectivity index (χ1n) is 25.7. The topological polar surface area (TPSA) is 9.72 Å². The van der Waals surface area contributed by atoms with Crippen molar-refractivity contribution in [2.24, 2.45) is 10.8 Å². The quantitative estimate of drug-likeness (QED) is 0.159. The summed E-state index contributed by atoms with van der Waals surface area (Å²) >= 11 is 0. The molecular formula is C65H72BN3. The summed E-state index contributed by atoms with van der Waals surface area (Å²) in [5.41, 5.74) is 27.1. The number of anilines is 9. The van der Waals surface area contributed by atoms with E-state index in [0.717, 1.165) is 42.7 Å². The number of benzene rings is 7. The maximum Gasteiger partial charge on any atom is 0.252 e. The summed E-state index contributed by atoms with van der Waals surface area (Å²) in [6, 6.07) is 52.7. The van der Waals surface area contributed by atoms with Crippen LogP contribution in [0.2, 0.25) is 0 Å². The second kappa shape index (κ2) is 15.5. The van der Waals surface area contributed by atoms with E-state index in [2.05, 4.69) is 245 Å². The van der Waals surface area contributed by atoms with E-state index >= 15 is 0 Å². The molecule has 69 heavy (non-hydrogen) atoms. The van der Waals surface area contributed by atoms with E-state index in [1.807, 2.05) is 0 Å². The van der Waals surface area contributed by atoms with Gasteiger partial charge in [-0.2, -0.15) is 0 Å². The molecule has 0 aromatic heterocycles. The van der Waals surface area contributed by atoms with Gasteiger partial charge in [0.25, 0.3) is 6.71 Å². The monoisotopic (exact) mass is 906 g/mol. The third kappa shape index (κ3) is 7.72. The van der Waals surface area contributed by atoms with E-state index in [1.54, 1.807) is 0 Å². The van der Waals surface area contributed by atoms with Crippen molar-refractivity contribution in [3.05, 3.63) is 178 Å². The van der Waals surface area contributed by atoms with Gasteiger partial charge in [0.2, 0.25) is 0 Å². The van der Waals surface area contributed by atoms with Gasteiger partial charge in [-0.1, -0.05) is 151 Å². The van der Waals surface area contributed by atoms with Gasteiger partial charge in [-0.25, -0.2) is 0 Å². The normalized spacial score (nSPS) is 16.5. The molecule has 0 spiro atoms. The maximum atomic E-state index is 2.69. The van der Waals surface area contributed by atoms with Crippen molar-refractivity contribution in [2.45, 2.75) is 139 Å². The molecule has 0 amide bonds. The zero-order valence-electron chi connectivity index (χ0n) is 43.9. The predicted molar refractivity (Wildman–Crippen MR) is 298 cm³/mol. The summed E-state index contributed by atoms with van der Waals surface area (Å²) < 4.78 is 0. The van der Waals surface area contributed by atoms with Gasteiger partial charge < -0.3 is 14.7 Å². The van der Waals surface area contributed by atoms with Gasteiger partial charge in [-0.3, -0.25) is 0 Å². The van der Waals surface area contributed by atoms with Crippen molar-refractivity contribution in [3.63, 3.8) is 0 Å². The standard InChI is InChI=1S/C65H72BN3/c1-41-33-58-60-59(34-41)69(55-20-16-18-43-38-65(13,14)40-51(43)55)57-35-46(63(8,9)10)25-31-52(57)66(60)53-36-49(30-32-56(53)68(58)54-19-15-17-42-37-64(11,12)39-50(42)54)67(47-26-21-44(22-27-47)61(2,3)4)48-28-23-45(24-29-48)62(5,6)7/h15-36H,37-40H2,1-14H3. The summed E-state index contributed by atoms with van der Waals surface area (Å²) in [6.07, 6.45) is 4.31. The first-order chi connectivity index (χ1) is 32.5. The van der Waals surface area contributed by atoms with Crippen LogP contribution in [0.4, 0.5) is 51.2 Å². The number of hydrogen-bond donors (Lipinski definition) is 0. The fourth-order valence-electron chi connectivity index (χ4n) is 12.4. The highest BCUT2D eigenvalue weighted by atomic mass is 15.2. The minimum Gasteiger partial charge on any atom is -0.311 e. The fraction of sp³-hybridized carbons (Fsp3) is 0.354. The molecule has 7 aromatic rings. The van der Waals surface area contributed by atoms with Crippen LogP contribution in [0.1, 0.15) is 135 Å². The third-order valence-corrected chi connectivity index (χ3v) is 15.9. The van der Waals surface area contributed by atoms with Crippen LogP contribution in [0.3, 0.4) is 0 Å². The van der Waals surface area contributed by atoms with Gasteiger partial charge >= 0.3 is 0 Å². The molecule has 0 saturated heterocycles. The molecule has 7 aromatic carbocycles. The van der Waals surface area contributed by atoms with Crippen LogP contribution in [0.15, 0.2) is 133 Å². The van der Waals surface area contributed by atoms with Gasteiger partial charge in [-0.05, 0) is 193 Å². The highest BCUT2D eigenvalue weighted by molar-refractivity contribution is 7.00. The Morgan fingerprint density at radius 1 is 0.420 bits per heavy atom. The zero-order valence-corrected chi connectivity index (χ0v) is 43.9. The van der Waals surface area contributed by atoms with Crippen molar-refractivity contribution in [1.29, 1.82) is 0 Å². The molecule has 0 radical (unpaired) electrons. The van der Waals surface area contributed by atoms with Crippen LogP contribution < -0.4 is 31.1 Å². The Morgan fingerprint density at radius 2 is 0.870 bits per heavy atom. The molecule has 3 nitrogen and oxygen atoms in total. The Balaban J connectivity index is 1.21. The second-order valence-electron chi connectivity index (χ2n) is 25.9. The smallest absolute Gasteiger partial charge is 0.252 e. The van der Waals surface area contributed by atoms with Gasteiger partial charge in [0, 0.05) is 51.2 Å². The van der Waals surface area contributed by atoms with E-state index in [1.165, 1.54) is 95.0 Å². The molecule has 4 aliphatic rings. The van der Waals surface area contributed by atoms with E-state index in [9.17, 15) is 0 Å². The lowest BCUT2D eigenvalue weighted by atomic mass is 9.33. The summed E-state index contributed by atoms with van der Waals surface area (Å²) in [6.45, 7) is 33.0. The first-order valence-corrected chi connectivity index (χ1v) is 25.7. The van der Waals surface area contributed by atoms with Gasteiger partial charge in [-0.15, -0.1) is 0 Å². The lowest BCUT2D eigenvalue weighted by Crippen LogP contribution is -2.61. The zero-order chi connectivity index (χ0) is 48.7. The molecule has 2 aliphatic carbocycles. The van der Waals surface area contributed by atoms with Crippen molar-refractivity contribution < 1.29 is 0 Å². The molecule has 0 N–H and O–H groups in total. The van der Waals surface area contributed by atoms with Crippen molar-refractivity contribution in [3.8, 4) is 0 Å². The Kier molecular flexibility index (Phi) is 10.2. The predicted octanol–water partition coefficient (Wildman–Crippen LogP) is 15.7. The average Bonchev–Trinajstić information content (AvgIpc) is 3.78. The number of fused-ring (bicyclic) bond motifs is 6.